The fourth-order valence-electron chi connectivity index (χ4n) is 2.08. The number of hydrogen-bond acceptors (Lipinski definition) is 3. The predicted molar refractivity (Wildman–Crippen MR) is 73.7 cm³/mol. The largest absolute Gasteiger partial charge is 0.377 e. The van der Waals surface area contributed by atoms with Crippen LogP contribution in [-0.4, -0.2) is 23.6 Å². The summed E-state index contributed by atoms with van der Waals surface area (Å²) in [5.41, 5.74) is 0.637. The number of nitrogens with zero attached hydrogens (tertiary/aromatic N) is 1. The molecule has 4 nitrogen and oxygen atoms in total. The van der Waals surface area contributed by atoms with Gasteiger partial charge in [0.05, 0.1) is 28.4 Å². The van der Waals surface area contributed by atoms with Gasteiger partial charge in [-0.3, -0.25) is 4.79 Å². The molecule has 0 aromatic carbocycles. The van der Waals surface area contributed by atoms with Gasteiger partial charge in [-0.2, -0.15) is 0 Å². The first-order valence-corrected chi connectivity index (χ1v) is 7.02. The number of nitrogens with one attached hydrogen (secondary N) is 1. The van der Waals surface area contributed by atoms with Crippen molar-refractivity contribution in [1.29, 1.82) is 0 Å². The molecule has 1 aromatic rings. The van der Waals surface area contributed by atoms with E-state index in [2.05, 4.69) is 26.2 Å². The van der Waals surface area contributed by atoms with Crippen molar-refractivity contribution in [1.82, 2.24) is 4.98 Å². The van der Waals surface area contributed by atoms with Gasteiger partial charge in [-0.1, -0.05) is 18.5 Å². The zero-order valence-corrected chi connectivity index (χ0v) is 12.3. The topological polar surface area (TPSA) is 51.2 Å². The minimum Gasteiger partial charge on any atom is -0.377 e. The van der Waals surface area contributed by atoms with Crippen molar-refractivity contribution in [2.75, 3.05) is 11.9 Å². The molecule has 1 N–H and O–H groups in total. The molecule has 1 aliphatic heterocycles. The van der Waals surface area contributed by atoms with Crippen LogP contribution in [0.5, 0.6) is 0 Å². The molecule has 1 saturated heterocycles. The van der Waals surface area contributed by atoms with Crippen LogP contribution in [0.1, 0.15) is 19.8 Å². The van der Waals surface area contributed by atoms with Crippen LogP contribution >= 0.6 is 27.5 Å². The van der Waals surface area contributed by atoms with E-state index >= 15 is 0 Å². The number of pyridine rings is 1. The SMILES string of the molecule is CCC1OCCC1C(=O)Nc1cnc(Cl)c(Br)c1. The number of rotatable bonds is 3. The second kappa shape index (κ2) is 5.99. The Bertz CT molecular complexity index is 456. The first kappa shape index (κ1) is 13.8. The molecule has 1 aliphatic rings. The van der Waals surface area contributed by atoms with E-state index in [4.69, 9.17) is 16.3 Å². The van der Waals surface area contributed by atoms with Crippen LogP contribution in [0, 0.1) is 5.92 Å². The van der Waals surface area contributed by atoms with Gasteiger partial charge in [-0.05, 0) is 34.8 Å². The zero-order chi connectivity index (χ0) is 13.1. The fraction of sp³-hybridized carbons (Fsp3) is 0.500. The van der Waals surface area contributed by atoms with Crippen molar-refractivity contribution in [3.05, 3.63) is 21.9 Å². The number of ether oxygens (including phenoxy) is 1. The number of amides is 1. The summed E-state index contributed by atoms with van der Waals surface area (Å²) < 4.78 is 6.17. The number of carbonyl (C=O) groups is 1. The summed E-state index contributed by atoms with van der Waals surface area (Å²) in [6, 6.07) is 1.74. The van der Waals surface area contributed by atoms with Crippen LogP contribution in [0.15, 0.2) is 16.7 Å². The minimum absolute atomic E-state index is 0.0182. The van der Waals surface area contributed by atoms with Gasteiger partial charge in [0.15, 0.2) is 0 Å². The fourth-order valence-corrected chi connectivity index (χ4v) is 2.53. The highest BCUT2D eigenvalue weighted by molar-refractivity contribution is 9.10. The minimum atomic E-state index is -0.0792. The lowest BCUT2D eigenvalue weighted by molar-refractivity contribution is -0.121. The molecule has 0 spiro atoms. The van der Waals surface area contributed by atoms with E-state index in [1.54, 1.807) is 12.3 Å². The Hall–Kier alpha value is -0.650. The van der Waals surface area contributed by atoms with Gasteiger partial charge < -0.3 is 10.1 Å². The van der Waals surface area contributed by atoms with Crippen LogP contribution in [0.4, 0.5) is 5.69 Å². The van der Waals surface area contributed by atoms with E-state index in [-0.39, 0.29) is 17.9 Å². The Labute approximate surface area is 119 Å². The first-order chi connectivity index (χ1) is 8.61. The Morgan fingerprint density at radius 3 is 3.17 bits per heavy atom. The Balaban J connectivity index is 2.04. The van der Waals surface area contributed by atoms with Gasteiger partial charge in [-0.15, -0.1) is 0 Å². The maximum absolute atomic E-state index is 12.1. The van der Waals surface area contributed by atoms with Crippen LogP contribution in [0.2, 0.25) is 5.15 Å². The van der Waals surface area contributed by atoms with E-state index in [1.807, 2.05) is 6.92 Å². The van der Waals surface area contributed by atoms with E-state index in [1.165, 1.54) is 0 Å². The molecule has 18 heavy (non-hydrogen) atoms. The van der Waals surface area contributed by atoms with Crippen molar-refractivity contribution >= 4 is 39.1 Å². The Kier molecular flexibility index (Phi) is 4.59. The monoisotopic (exact) mass is 332 g/mol. The number of aromatic nitrogens is 1. The third kappa shape index (κ3) is 3.02. The van der Waals surface area contributed by atoms with Gasteiger partial charge in [0.2, 0.25) is 5.91 Å². The predicted octanol–water partition coefficient (Wildman–Crippen LogP) is 3.25. The summed E-state index contributed by atoms with van der Waals surface area (Å²) in [7, 11) is 0. The molecule has 0 aliphatic carbocycles. The molecule has 6 heteroatoms. The molecule has 1 fully saturated rings. The summed E-state index contributed by atoms with van der Waals surface area (Å²) in [6.07, 6.45) is 3.18. The van der Waals surface area contributed by atoms with Crippen LogP contribution in [-0.2, 0) is 9.53 Å². The van der Waals surface area contributed by atoms with Crippen molar-refractivity contribution in [2.24, 2.45) is 5.92 Å². The summed E-state index contributed by atoms with van der Waals surface area (Å²) >= 11 is 9.07. The van der Waals surface area contributed by atoms with Gasteiger partial charge >= 0.3 is 0 Å². The van der Waals surface area contributed by atoms with Gasteiger partial charge in [-0.25, -0.2) is 4.98 Å². The molecule has 0 bridgehead atoms. The highest BCUT2D eigenvalue weighted by atomic mass is 79.9. The average Bonchev–Trinajstić information content (AvgIpc) is 2.82. The Morgan fingerprint density at radius 1 is 1.72 bits per heavy atom. The molecule has 0 radical (unpaired) electrons. The highest BCUT2D eigenvalue weighted by Crippen LogP contribution is 2.26. The second-order valence-corrected chi connectivity index (χ2v) is 5.41. The van der Waals surface area contributed by atoms with E-state index in [0.717, 1.165) is 12.8 Å². The van der Waals surface area contributed by atoms with E-state index < -0.39 is 0 Å². The lowest BCUT2D eigenvalue weighted by Crippen LogP contribution is -2.29. The molecular formula is C12H14BrClN2O2. The molecule has 2 heterocycles. The molecule has 2 rings (SSSR count). The molecule has 1 amide bonds. The molecule has 2 atom stereocenters. The number of halogens is 2. The van der Waals surface area contributed by atoms with Crippen LogP contribution in [0.25, 0.3) is 0 Å². The average molecular weight is 334 g/mol. The quantitative estimate of drug-likeness (QED) is 0.864. The van der Waals surface area contributed by atoms with E-state index in [9.17, 15) is 4.79 Å². The van der Waals surface area contributed by atoms with Crippen molar-refractivity contribution in [3.8, 4) is 0 Å². The zero-order valence-electron chi connectivity index (χ0n) is 9.95. The summed E-state index contributed by atoms with van der Waals surface area (Å²) in [6.45, 7) is 2.68. The summed E-state index contributed by atoms with van der Waals surface area (Å²) in [5, 5.41) is 3.22. The molecule has 1 aromatic heterocycles. The van der Waals surface area contributed by atoms with Crippen molar-refractivity contribution in [2.45, 2.75) is 25.9 Å². The lowest BCUT2D eigenvalue weighted by Gasteiger charge is -2.16. The van der Waals surface area contributed by atoms with E-state index in [0.29, 0.717) is 21.9 Å². The van der Waals surface area contributed by atoms with Crippen molar-refractivity contribution < 1.29 is 9.53 Å². The van der Waals surface area contributed by atoms with Gasteiger partial charge in [0, 0.05) is 6.61 Å². The third-order valence-corrected chi connectivity index (χ3v) is 4.15. The van der Waals surface area contributed by atoms with Crippen molar-refractivity contribution in [3.63, 3.8) is 0 Å². The van der Waals surface area contributed by atoms with Crippen LogP contribution < -0.4 is 5.32 Å². The molecule has 0 saturated carbocycles. The van der Waals surface area contributed by atoms with Gasteiger partial charge in [0.1, 0.15) is 5.15 Å². The number of carbonyl (C=O) groups excluding carboxylic acids is 1. The third-order valence-electron chi connectivity index (χ3n) is 3.01. The lowest BCUT2D eigenvalue weighted by atomic mass is 9.99. The highest BCUT2D eigenvalue weighted by Gasteiger charge is 2.32. The summed E-state index contributed by atoms with van der Waals surface area (Å²) in [5.74, 6) is -0.0974. The first-order valence-electron chi connectivity index (χ1n) is 5.85. The normalized spacial score (nSPS) is 23.1. The number of anilines is 1. The molecular weight excluding hydrogens is 320 g/mol. The Morgan fingerprint density at radius 2 is 2.50 bits per heavy atom. The molecule has 2 unspecified atom stereocenters. The smallest absolute Gasteiger partial charge is 0.230 e. The summed E-state index contributed by atoms with van der Waals surface area (Å²) in [4.78, 5) is 16.1. The van der Waals surface area contributed by atoms with Gasteiger partial charge in [0.25, 0.3) is 0 Å². The second-order valence-electron chi connectivity index (χ2n) is 4.20. The molecule has 98 valence electrons. The number of hydrogen-bond donors (Lipinski definition) is 1. The maximum Gasteiger partial charge on any atom is 0.230 e. The van der Waals surface area contributed by atoms with Crippen LogP contribution in [0.3, 0.4) is 0 Å². The maximum atomic E-state index is 12.1. The standard InChI is InChI=1S/C12H14BrClN2O2/c1-2-10-8(3-4-18-10)12(17)16-7-5-9(13)11(14)15-6-7/h5-6,8,10H,2-4H2,1H3,(H,16,17).